The average molecular weight is 112 g/mol. The SMILES string of the molecule is C[C@@H]1CCC[C@H]2O[C@@H]12. The Balaban J connectivity index is 1.99. The van der Waals surface area contributed by atoms with Gasteiger partial charge in [-0.05, 0) is 18.8 Å². The highest BCUT2D eigenvalue weighted by molar-refractivity contribution is 4.92. The largest absolute Gasteiger partial charge is 0.369 e. The Kier molecular flexibility index (Phi) is 0.884. The van der Waals surface area contributed by atoms with E-state index >= 15 is 0 Å². The highest BCUT2D eigenvalue weighted by atomic mass is 16.6. The molecule has 1 heterocycles. The van der Waals surface area contributed by atoms with E-state index in [1.165, 1.54) is 19.3 Å². The molecule has 0 N–H and O–H groups in total. The lowest BCUT2D eigenvalue weighted by atomic mass is 9.91. The monoisotopic (exact) mass is 112 g/mol. The Hall–Kier alpha value is -0.0400. The van der Waals surface area contributed by atoms with Crippen LogP contribution in [0, 0.1) is 5.92 Å². The smallest absolute Gasteiger partial charge is 0.0867 e. The average Bonchev–Trinajstić information content (AvgIpc) is 2.45. The van der Waals surface area contributed by atoms with Crippen molar-refractivity contribution in [3.63, 3.8) is 0 Å². The first-order valence-corrected chi connectivity index (χ1v) is 3.53. The van der Waals surface area contributed by atoms with Gasteiger partial charge in [0, 0.05) is 0 Å². The second-order valence-electron chi connectivity index (χ2n) is 3.05. The van der Waals surface area contributed by atoms with Gasteiger partial charge in [0.25, 0.3) is 0 Å². The van der Waals surface area contributed by atoms with Crippen molar-refractivity contribution in [2.45, 2.75) is 38.4 Å². The molecule has 2 aliphatic rings. The standard InChI is InChI=1S/C7H12O/c1-5-3-2-4-6-7(5)8-6/h5-7H,2-4H2,1H3/t5-,6-,7+/m1/s1. The van der Waals surface area contributed by atoms with E-state index in [4.69, 9.17) is 4.74 Å². The van der Waals surface area contributed by atoms with E-state index < -0.39 is 0 Å². The van der Waals surface area contributed by atoms with E-state index in [9.17, 15) is 0 Å². The van der Waals surface area contributed by atoms with Gasteiger partial charge in [0.15, 0.2) is 0 Å². The van der Waals surface area contributed by atoms with Gasteiger partial charge >= 0.3 is 0 Å². The molecule has 0 spiro atoms. The van der Waals surface area contributed by atoms with Gasteiger partial charge in [-0.2, -0.15) is 0 Å². The third-order valence-corrected chi connectivity index (χ3v) is 2.33. The molecule has 0 bridgehead atoms. The zero-order chi connectivity index (χ0) is 5.56. The summed E-state index contributed by atoms with van der Waals surface area (Å²) in [5.41, 5.74) is 0. The minimum atomic E-state index is 0.670. The summed E-state index contributed by atoms with van der Waals surface area (Å²) in [5.74, 6) is 0.855. The van der Waals surface area contributed by atoms with Crippen LogP contribution in [0.5, 0.6) is 0 Å². The molecule has 1 saturated carbocycles. The molecule has 0 aromatic rings. The van der Waals surface area contributed by atoms with Crippen LogP contribution in [-0.4, -0.2) is 12.2 Å². The van der Waals surface area contributed by atoms with Gasteiger partial charge in [-0.15, -0.1) is 0 Å². The molecule has 3 atom stereocenters. The zero-order valence-corrected chi connectivity index (χ0v) is 5.26. The summed E-state index contributed by atoms with van der Waals surface area (Å²) in [5, 5.41) is 0. The summed E-state index contributed by atoms with van der Waals surface area (Å²) in [7, 11) is 0. The van der Waals surface area contributed by atoms with E-state index in [2.05, 4.69) is 6.92 Å². The van der Waals surface area contributed by atoms with E-state index in [0.29, 0.717) is 12.2 Å². The van der Waals surface area contributed by atoms with E-state index in [1.807, 2.05) is 0 Å². The molecule has 1 saturated heterocycles. The second kappa shape index (κ2) is 1.47. The number of hydrogen-bond acceptors (Lipinski definition) is 1. The van der Waals surface area contributed by atoms with Gasteiger partial charge in [0.05, 0.1) is 12.2 Å². The predicted molar refractivity (Wildman–Crippen MR) is 31.7 cm³/mol. The maximum absolute atomic E-state index is 5.39. The van der Waals surface area contributed by atoms with Gasteiger partial charge < -0.3 is 4.74 Å². The zero-order valence-electron chi connectivity index (χ0n) is 5.26. The highest BCUT2D eigenvalue weighted by Gasteiger charge is 2.44. The number of fused-ring (bicyclic) bond motifs is 1. The molecule has 0 aromatic carbocycles. The summed E-state index contributed by atoms with van der Waals surface area (Å²) in [6, 6.07) is 0. The normalized spacial score (nSPS) is 52.9. The first kappa shape index (κ1) is 4.80. The number of hydrogen-bond donors (Lipinski definition) is 0. The molecule has 0 amide bonds. The van der Waals surface area contributed by atoms with Crippen molar-refractivity contribution < 1.29 is 4.74 Å². The summed E-state index contributed by atoms with van der Waals surface area (Å²) in [6.45, 7) is 2.30. The van der Waals surface area contributed by atoms with Crippen LogP contribution >= 0.6 is 0 Å². The van der Waals surface area contributed by atoms with Crippen molar-refractivity contribution in [3.8, 4) is 0 Å². The molecule has 0 aromatic heterocycles. The Morgan fingerprint density at radius 3 is 2.88 bits per heavy atom. The first-order chi connectivity index (χ1) is 3.88. The minimum absolute atomic E-state index is 0.670. The summed E-state index contributed by atoms with van der Waals surface area (Å²) in [4.78, 5) is 0. The molecule has 2 rings (SSSR count). The van der Waals surface area contributed by atoms with Crippen LogP contribution in [0.1, 0.15) is 26.2 Å². The van der Waals surface area contributed by atoms with Crippen LogP contribution in [0.25, 0.3) is 0 Å². The van der Waals surface area contributed by atoms with Crippen molar-refractivity contribution >= 4 is 0 Å². The molecule has 0 radical (unpaired) electrons. The number of epoxide rings is 1. The minimum Gasteiger partial charge on any atom is -0.369 e. The fourth-order valence-corrected chi connectivity index (χ4v) is 1.69. The van der Waals surface area contributed by atoms with Crippen molar-refractivity contribution in [2.24, 2.45) is 5.92 Å². The molecule has 1 heteroatoms. The van der Waals surface area contributed by atoms with Crippen LogP contribution in [0.2, 0.25) is 0 Å². The van der Waals surface area contributed by atoms with Crippen LogP contribution in [0.4, 0.5) is 0 Å². The quantitative estimate of drug-likeness (QED) is 0.433. The molecule has 46 valence electrons. The van der Waals surface area contributed by atoms with E-state index in [1.54, 1.807) is 0 Å². The predicted octanol–water partition coefficient (Wildman–Crippen LogP) is 1.57. The molecule has 8 heavy (non-hydrogen) atoms. The first-order valence-electron chi connectivity index (χ1n) is 3.53. The van der Waals surface area contributed by atoms with E-state index in [-0.39, 0.29) is 0 Å². The molecule has 1 nitrogen and oxygen atoms in total. The number of ether oxygens (including phenoxy) is 1. The van der Waals surface area contributed by atoms with Gasteiger partial charge in [0.1, 0.15) is 0 Å². The third kappa shape index (κ3) is 0.576. The highest BCUT2D eigenvalue weighted by Crippen LogP contribution is 2.39. The maximum atomic E-state index is 5.39. The fraction of sp³-hybridized carbons (Fsp3) is 1.00. The summed E-state index contributed by atoms with van der Waals surface area (Å²) >= 11 is 0. The van der Waals surface area contributed by atoms with Gasteiger partial charge in [-0.1, -0.05) is 13.3 Å². The lowest BCUT2D eigenvalue weighted by molar-refractivity contribution is 0.336. The van der Waals surface area contributed by atoms with Gasteiger partial charge in [0.2, 0.25) is 0 Å². The maximum Gasteiger partial charge on any atom is 0.0867 e. The lowest BCUT2D eigenvalue weighted by Gasteiger charge is -2.10. The topological polar surface area (TPSA) is 12.5 Å². The Labute approximate surface area is 50.0 Å². The number of rotatable bonds is 0. The van der Waals surface area contributed by atoms with Crippen LogP contribution in [-0.2, 0) is 4.74 Å². The van der Waals surface area contributed by atoms with Crippen LogP contribution in [0.3, 0.4) is 0 Å². The van der Waals surface area contributed by atoms with Gasteiger partial charge in [-0.25, -0.2) is 0 Å². The van der Waals surface area contributed by atoms with Crippen LogP contribution < -0.4 is 0 Å². The van der Waals surface area contributed by atoms with E-state index in [0.717, 1.165) is 5.92 Å². The van der Waals surface area contributed by atoms with Crippen molar-refractivity contribution in [2.75, 3.05) is 0 Å². The molecule has 1 aliphatic carbocycles. The van der Waals surface area contributed by atoms with Crippen molar-refractivity contribution in [3.05, 3.63) is 0 Å². The third-order valence-electron chi connectivity index (χ3n) is 2.33. The Morgan fingerprint density at radius 1 is 1.38 bits per heavy atom. The molecular formula is C7H12O. The lowest BCUT2D eigenvalue weighted by Crippen LogP contribution is -2.11. The molecule has 2 fully saturated rings. The van der Waals surface area contributed by atoms with Crippen LogP contribution in [0.15, 0.2) is 0 Å². The summed E-state index contributed by atoms with van der Waals surface area (Å²) < 4.78 is 5.39. The fourth-order valence-electron chi connectivity index (χ4n) is 1.69. The second-order valence-corrected chi connectivity index (χ2v) is 3.05. The Bertz CT molecular complexity index is 101. The van der Waals surface area contributed by atoms with Gasteiger partial charge in [-0.3, -0.25) is 0 Å². The Morgan fingerprint density at radius 2 is 2.25 bits per heavy atom. The molecular weight excluding hydrogens is 100 g/mol. The molecule has 0 unspecified atom stereocenters. The molecule has 1 aliphatic heterocycles. The summed E-state index contributed by atoms with van der Waals surface area (Å²) in [6.07, 6.45) is 5.46. The van der Waals surface area contributed by atoms with Crippen molar-refractivity contribution in [1.29, 1.82) is 0 Å². The van der Waals surface area contributed by atoms with Crippen molar-refractivity contribution in [1.82, 2.24) is 0 Å².